The fourth-order valence-corrected chi connectivity index (χ4v) is 6.39. The van der Waals surface area contributed by atoms with Gasteiger partial charge in [-0.2, -0.15) is 0 Å². The Kier molecular flexibility index (Phi) is 35.9. The van der Waals surface area contributed by atoms with Gasteiger partial charge in [-0.3, -0.25) is 9.59 Å². The van der Waals surface area contributed by atoms with E-state index in [-0.39, 0.29) is 11.9 Å². The molecule has 0 rings (SSSR count). The molecule has 0 fully saturated rings. The second-order valence-electron chi connectivity index (χ2n) is 14.5. The Bertz CT molecular complexity index is 592. The van der Waals surface area contributed by atoms with E-state index < -0.39 is 0 Å². The van der Waals surface area contributed by atoms with Crippen LogP contribution in [0.25, 0.3) is 0 Å². The van der Waals surface area contributed by atoms with Crippen molar-refractivity contribution in [2.24, 2.45) is 5.92 Å². The van der Waals surface area contributed by atoms with Crippen LogP contribution in [0.1, 0.15) is 213 Å². The van der Waals surface area contributed by atoms with Gasteiger partial charge in [-0.05, 0) is 58.7 Å². The molecule has 0 unspecified atom stereocenters. The zero-order valence-corrected chi connectivity index (χ0v) is 31.7. The fraction of sp³-hybridized carbons (Fsp3) is 0.951. The third-order valence-corrected chi connectivity index (χ3v) is 9.48. The minimum absolute atomic E-state index is 0.00232. The van der Waals surface area contributed by atoms with E-state index >= 15 is 0 Å². The quantitative estimate of drug-likeness (QED) is 0.0494. The summed E-state index contributed by atoms with van der Waals surface area (Å²) in [6.45, 7) is 6.90. The number of unbranched alkanes of at least 4 members (excludes halogenated alkanes) is 21. The van der Waals surface area contributed by atoms with Crippen LogP contribution in [0.2, 0.25) is 0 Å². The van der Waals surface area contributed by atoms with E-state index in [4.69, 9.17) is 9.47 Å². The summed E-state index contributed by atoms with van der Waals surface area (Å²) in [5, 5.41) is 0. The molecule has 0 aromatic heterocycles. The van der Waals surface area contributed by atoms with Crippen LogP contribution in [0.5, 0.6) is 0 Å². The molecule has 0 heterocycles. The number of carbonyl (C=O) groups is 2. The Morgan fingerprint density at radius 3 is 1.15 bits per heavy atom. The van der Waals surface area contributed by atoms with E-state index in [1.807, 2.05) is 0 Å². The van der Waals surface area contributed by atoms with E-state index in [1.54, 1.807) is 0 Å². The first-order valence-electron chi connectivity index (χ1n) is 20.5. The Hall–Kier alpha value is -1.10. The molecule has 0 aromatic carbocycles. The highest BCUT2D eigenvalue weighted by molar-refractivity contribution is 5.69. The van der Waals surface area contributed by atoms with Gasteiger partial charge in [0.2, 0.25) is 0 Å². The third-order valence-electron chi connectivity index (χ3n) is 9.48. The van der Waals surface area contributed by atoms with Gasteiger partial charge in [-0.25, -0.2) is 0 Å². The standard InChI is InChI=1S/C41H81NO4/c1-5-7-9-11-13-21-29-37-45-40(43)34-25-19-15-17-23-31-39(33-27-28-36-42(3)4)32-24-18-16-20-26-35-41(44)46-38-30-22-14-12-10-8-6-2/h39H,5-38H2,1-4H3. The van der Waals surface area contributed by atoms with Crippen molar-refractivity contribution in [1.29, 1.82) is 0 Å². The Labute approximate surface area is 288 Å². The van der Waals surface area contributed by atoms with E-state index in [0.29, 0.717) is 26.1 Å². The van der Waals surface area contributed by atoms with Gasteiger partial charge in [-0.1, -0.05) is 168 Å². The number of rotatable bonds is 37. The lowest BCUT2D eigenvalue weighted by Gasteiger charge is -2.18. The summed E-state index contributed by atoms with van der Waals surface area (Å²) in [5.74, 6) is 0.857. The maximum atomic E-state index is 12.0. The molecular formula is C41H81NO4. The van der Waals surface area contributed by atoms with Crippen molar-refractivity contribution in [2.75, 3.05) is 33.9 Å². The molecule has 46 heavy (non-hydrogen) atoms. The number of nitrogens with zero attached hydrogens (tertiary/aromatic N) is 1. The number of ether oxygens (including phenoxy) is 2. The molecule has 0 saturated heterocycles. The first-order chi connectivity index (χ1) is 22.5. The molecular weight excluding hydrogens is 570 g/mol. The molecule has 0 amide bonds. The van der Waals surface area contributed by atoms with Gasteiger partial charge in [0.15, 0.2) is 0 Å². The average Bonchev–Trinajstić information content (AvgIpc) is 3.04. The number of carbonyl (C=O) groups excluding carboxylic acids is 2. The van der Waals surface area contributed by atoms with Crippen LogP contribution in [0, 0.1) is 5.92 Å². The minimum atomic E-state index is 0.00232. The van der Waals surface area contributed by atoms with Gasteiger partial charge in [0, 0.05) is 12.8 Å². The maximum absolute atomic E-state index is 12.0. The fourth-order valence-electron chi connectivity index (χ4n) is 6.39. The highest BCUT2D eigenvalue weighted by Gasteiger charge is 2.10. The highest BCUT2D eigenvalue weighted by atomic mass is 16.5. The predicted octanol–water partition coefficient (Wildman–Crippen LogP) is 12.4. The van der Waals surface area contributed by atoms with Crippen LogP contribution >= 0.6 is 0 Å². The zero-order valence-electron chi connectivity index (χ0n) is 31.7. The lowest BCUT2D eigenvalue weighted by atomic mass is 9.90. The first-order valence-corrected chi connectivity index (χ1v) is 20.5. The second kappa shape index (κ2) is 36.7. The highest BCUT2D eigenvalue weighted by Crippen LogP contribution is 2.24. The van der Waals surface area contributed by atoms with Crippen molar-refractivity contribution < 1.29 is 19.1 Å². The summed E-state index contributed by atoms with van der Waals surface area (Å²) in [7, 11) is 4.34. The lowest BCUT2D eigenvalue weighted by molar-refractivity contribution is -0.144. The monoisotopic (exact) mass is 652 g/mol. The van der Waals surface area contributed by atoms with Crippen molar-refractivity contribution >= 4 is 11.9 Å². The molecule has 5 nitrogen and oxygen atoms in total. The molecule has 0 aliphatic carbocycles. The number of hydrogen-bond acceptors (Lipinski definition) is 5. The van der Waals surface area contributed by atoms with Crippen LogP contribution in [0.4, 0.5) is 0 Å². The lowest BCUT2D eigenvalue weighted by Crippen LogP contribution is -2.13. The summed E-state index contributed by atoms with van der Waals surface area (Å²) >= 11 is 0. The summed E-state index contributed by atoms with van der Waals surface area (Å²) in [5.41, 5.74) is 0. The van der Waals surface area contributed by atoms with Gasteiger partial charge in [0.1, 0.15) is 0 Å². The summed E-state index contributed by atoms with van der Waals surface area (Å²) < 4.78 is 10.9. The summed E-state index contributed by atoms with van der Waals surface area (Å²) in [6.07, 6.45) is 37.4. The second-order valence-corrected chi connectivity index (χ2v) is 14.5. The Morgan fingerprint density at radius 2 is 0.761 bits per heavy atom. The van der Waals surface area contributed by atoms with E-state index in [9.17, 15) is 9.59 Å². The van der Waals surface area contributed by atoms with Crippen LogP contribution in [0.15, 0.2) is 0 Å². The van der Waals surface area contributed by atoms with E-state index in [0.717, 1.165) is 44.4 Å². The smallest absolute Gasteiger partial charge is 0.305 e. The van der Waals surface area contributed by atoms with Crippen LogP contribution < -0.4 is 0 Å². The van der Waals surface area contributed by atoms with E-state index in [2.05, 4.69) is 32.8 Å². The van der Waals surface area contributed by atoms with Crippen molar-refractivity contribution in [3.63, 3.8) is 0 Å². The van der Waals surface area contributed by atoms with Gasteiger partial charge in [0.05, 0.1) is 13.2 Å². The van der Waals surface area contributed by atoms with Crippen molar-refractivity contribution in [1.82, 2.24) is 4.90 Å². The predicted molar refractivity (Wildman–Crippen MR) is 198 cm³/mol. The molecule has 0 aliphatic rings. The van der Waals surface area contributed by atoms with Crippen LogP contribution in [-0.2, 0) is 19.1 Å². The summed E-state index contributed by atoms with van der Waals surface area (Å²) in [6, 6.07) is 0. The molecule has 0 saturated carbocycles. The van der Waals surface area contributed by atoms with Crippen LogP contribution in [0.3, 0.4) is 0 Å². The molecule has 0 atom stereocenters. The largest absolute Gasteiger partial charge is 0.466 e. The number of esters is 2. The number of hydrogen-bond donors (Lipinski definition) is 0. The maximum Gasteiger partial charge on any atom is 0.305 e. The average molecular weight is 652 g/mol. The van der Waals surface area contributed by atoms with Gasteiger partial charge in [-0.15, -0.1) is 0 Å². The van der Waals surface area contributed by atoms with Gasteiger partial charge >= 0.3 is 11.9 Å². The molecule has 0 bridgehead atoms. The third kappa shape index (κ3) is 35.7. The zero-order chi connectivity index (χ0) is 33.8. The van der Waals surface area contributed by atoms with Gasteiger partial charge in [0.25, 0.3) is 0 Å². The SMILES string of the molecule is CCCCCCCCCOC(=O)CCCCCCCC(CCCCCCCC(=O)OCCCCCCCCC)CCCCN(C)C. The molecule has 274 valence electrons. The Morgan fingerprint density at radius 1 is 0.435 bits per heavy atom. The van der Waals surface area contributed by atoms with Crippen molar-refractivity contribution in [3.05, 3.63) is 0 Å². The Balaban J connectivity index is 3.86. The van der Waals surface area contributed by atoms with Gasteiger partial charge < -0.3 is 14.4 Å². The van der Waals surface area contributed by atoms with Crippen molar-refractivity contribution in [3.8, 4) is 0 Å². The molecule has 0 N–H and O–H groups in total. The normalized spacial score (nSPS) is 11.5. The minimum Gasteiger partial charge on any atom is -0.466 e. The molecule has 0 spiro atoms. The first kappa shape index (κ1) is 44.9. The molecule has 0 aliphatic heterocycles. The molecule has 0 aromatic rings. The van der Waals surface area contributed by atoms with Crippen LogP contribution in [-0.4, -0.2) is 50.7 Å². The van der Waals surface area contributed by atoms with Crippen molar-refractivity contribution in [2.45, 2.75) is 213 Å². The summed E-state index contributed by atoms with van der Waals surface area (Å²) in [4.78, 5) is 26.3. The van der Waals surface area contributed by atoms with E-state index in [1.165, 1.54) is 154 Å². The topological polar surface area (TPSA) is 55.8 Å². The molecule has 0 radical (unpaired) electrons. The molecule has 5 heteroatoms.